The molecule has 2 amide bonds. The van der Waals surface area contributed by atoms with E-state index in [2.05, 4.69) is 58.0 Å². The van der Waals surface area contributed by atoms with Gasteiger partial charge in [-0.15, -0.1) is 11.3 Å². The third-order valence-electron chi connectivity index (χ3n) is 5.92. The van der Waals surface area contributed by atoms with Gasteiger partial charge < -0.3 is 15.4 Å². The van der Waals surface area contributed by atoms with Gasteiger partial charge in [0.05, 0.1) is 30.9 Å². The van der Waals surface area contributed by atoms with Gasteiger partial charge in [0.1, 0.15) is 5.75 Å². The normalized spacial score (nSPS) is 10.9. The molecule has 0 aliphatic rings. The standard InChI is InChI=1S/C31H21Br2Cl2N5O3S/c32-23-12-18(13-24(33)29(23)43-16-28(41)37-22-10-11-25(34)26(35)14-22)15-36-40-30(42)20-8-6-19(7-9-20)27-17-44-31(39-27)38-21-4-2-1-3-5-21/h1-15,17H,16H2,(H,37,41)(H,38,39)(H,40,42)/b36-15+. The van der Waals surface area contributed by atoms with Crippen molar-refractivity contribution in [2.75, 3.05) is 17.2 Å². The molecule has 0 fully saturated rings. The van der Waals surface area contributed by atoms with E-state index >= 15 is 0 Å². The lowest BCUT2D eigenvalue weighted by Gasteiger charge is -2.12. The third kappa shape index (κ3) is 8.46. The number of rotatable bonds is 10. The topological polar surface area (TPSA) is 105 Å². The van der Waals surface area contributed by atoms with Crippen LogP contribution in [0.4, 0.5) is 16.5 Å². The number of halogens is 4. The molecule has 0 bridgehead atoms. The highest BCUT2D eigenvalue weighted by atomic mass is 79.9. The Hall–Kier alpha value is -3.74. The molecular formula is C31H21Br2Cl2N5O3S. The van der Waals surface area contributed by atoms with Gasteiger partial charge >= 0.3 is 0 Å². The van der Waals surface area contributed by atoms with Crippen molar-refractivity contribution in [2.24, 2.45) is 5.10 Å². The number of thiazole rings is 1. The Morgan fingerprint density at radius 3 is 2.34 bits per heavy atom. The van der Waals surface area contributed by atoms with Crippen LogP contribution < -0.4 is 20.8 Å². The number of hydrogen-bond donors (Lipinski definition) is 3. The highest BCUT2D eigenvalue weighted by Gasteiger charge is 2.13. The van der Waals surface area contributed by atoms with E-state index in [-0.39, 0.29) is 18.4 Å². The zero-order valence-electron chi connectivity index (χ0n) is 22.5. The van der Waals surface area contributed by atoms with Crippen LogP contribution in [0.15, 0.2) is 104 Å². The Morgan fingerprint density at radius 2 is 1.64 bits per heavy atom. The first kappa shape index (κ1) is 31.7. The average Bonchev–Trinajstić information content (AvgIpc) is 3.47. The molecule has 1 aromatic heterocycles. The Labute approximate surface area is 283 Å². The highest BCUT2D eigenvalue weighted by Crippen LogP contribution is 2.34. The number of nitrogens with zero attached hydrogens (tertiary/aromatic N) is 2. The van der Waals surface area contributed by atoms with E-state index in [1.807, 2.05) is 47.8 Å². The van der Waals surface area contributed by atoms with E-state index in [0.717, 1.165) is 22.1 Å². The summed E-state index contributed by atoms with van der Waals surface area (Å²) < 4.78 is 6.86. The summed E-state index contributed by atoms with van der Waals surface area (Å²) in [5, 5.41) is 13.5. The monoisotopic (exact) mass is 771 g/mol. The zero-order valence-corrected chi connectivity index (χ0v) is 28.0. The van der Waals surface area contributed by atoms with Gasteiger partial charge in [0, 0.05) is 27.9 Å². The summed E-state index contributed by atoms with van der Waals surface area (Å²) in [4.78, 5) is 29.6. The number of amides is 2. The van der Waals surface area contributed by atoms with Crippen LogP contribution in [0.2, 0.25) is 10.0 Å². The number of hydrazone groups is 1. The van der Waals surface area contributed by atoms with Crippen LogP contribution in [0, 0.1) is 0 Å². The lowest BCUT2D eigenvalue weighted by Crippen LogP contribution is -2.20. The molecule has 3 N–H and O–H groups in total. The molecule has 0 saturated carbocycles. The maximum absolute atomic E-state index is 12.7. The molecule has 8 nitrogen and oxygen atoms in total. The lowest BCUT2D eigenvalue weighted by atomic mass is 10.1. The fraction of sp³-hybridized carbons (Fsp3) is 0.0323. The van der Waals surface area contributed by atoms with E-state index in [1.165, 1.54) is 17.6 Å². The first-order valence-electron chi connectivity index (χ1n) is 12.8. The smallest absolute Gasteiger partial charge is 0.271 e. The second-order valence-corrected chi connectivity index (χ2v) is 12.5. The second-order valence-electron chi connectivity index (χ2n) is 9.08. The Bertz CT molecular complexity index is 1810. The fourth-order valence-corrected chi connectivity index (χ4v) is 6.32. The van der Waals surface area contributed by atoms with Gasteiger partial charge in [0.2, 0.25) is 0 Å². The average molecular weight is 774 g/mol. The van der Waals surface area contributed by atoms with Crippen molar-refractivity contribution in [2.45, 2.75) is 0 Å². The SMILES string of the molecule is O=C(COc1c(Br)cc(/C=N/NC(=O)c2ccc(-c3csc(Nc4ccccc4)n3)cc2)cc1Br)Nc1ccc(Cl)c(Cl)c1. The Kier molecular flexibility index (Phi) is 10.7. The number of aromatic nitrogens is 1. The maximum Gasteiger partial charge on any atom is 0.271 e. The van der Waals surface area contributed by atoms with E-state index in [9.17, 15) is 9.59 Å². The van der Waals surface area contributed by atoms with Crippen molar-refractivity contribution in [3.8, 4) is 17.0 Å². The summed E-state index contributed by atoms with van der Waals surface area (Å²) >= 11 is 20.3. The molecule has 0 aliphatic heterocycles. The van der Waals surface area contributed by atoms with Crippen molar-refractivity contribution in [1.82, 2.24) is 10.4 Å². The van der Waals surface area contributed by atoms with E-state index in [0.29, 0.717) is 41.6 Å². The van der Waals surface area contributed by atoms with Gasteiger partial charge in [0.15, 0.2) is 11.7 Å². The summed E-state index contributed by atoms with van der Waals surface area (Å²) in [7, 11) is 0. The van der Waals surface area contributed by atoms with Gasteiger partial charge in [-0.25, -0.2) is 10.4 Å². The predicted molar refractivity (Wildman–Crippen MR) is 185 cm³/mol. The number of carbonyl (C=O) groups excluding carboxylic acids is 2. The molecule has 222 valence electrons. The van der Waals surface area contributed by atoms with Gasteiger partial charge in [0.25, 0.3) is 11.8 Å². The quantitative estimate of drug-likeness (QED) is 0.0971. The minimum Gasteiger partial charge on any atom is -0.481 e. The Morgan fingerprint density at radius 1 is 0.909 bits per heavy atom. The van der Waals surface area contributed by atoms with Crippen molar-refractivity contribution in [3.05, 3.63) is 120 Å². The number of anilines is 3. The van der Waals surface area contributed by atoms with Gasteiger partial charge in [-0.2, -0.15) is 5.10 Å². The molecule has 0 radical (unpaired) electrons. The minimum atomic E-state index is -0.375. The van der Waals surface area contributed by atoms with Crippen LogP contribution in [0.5, 0.6) is 5.75 Å². The molecule has 1 heterocycles. The van der Waals surface area contributed by atoms with Crippen LogP contribution >= 0.6 is 66.4 Å². The number of benzene rings is 4. The number of para-hydroxylation sites is 1. The first-order chi connectivity index (χ1) is 21.2. The zero-order chi connectivity index (χ0) is 31.1. The number of hydrogen-bond acceptors (Lipinski definition) is 7. The molecule has 0 aliphatic carbocycles. The Balaban J connectivity index is 1.13. The number of nitrogens with one attached hydrogen (secondary N) is 3. The number of carbonyl (C=O) groups is 2. The van der Waals surface area contributed by atoms with Crippen LogP contribution in [0.3, 0.4) is 0 Å². The molecule has 5 rings (SSSR count). The number of ether oxygens (including phenoxy) is 1. The highest BCUT2D eigenvalue weighted by molar-refractivity contribution is 9.11. The molecular weight excluding hydrogens is 753 g/mol. The second kappa shape index (κ2) is 14.8. The summed E-state index contributed by atoms with van der Waals surface area (Å²) in [6, 6.07) is 25.2. The lowest BCUT2D eigenvalue weighted by molar-refractivity contribution is -0.118. The fourth-order valence-electron chi connectivity index (χ4n) is 3.83. The van der Waals surface area contributed by atoms with E-state index in [1.54, 1.807) is 42.5 Å². The third-order valence-corrected chi connectivity index (χ3v) is 8.60. The van der Waals surface area contributed by atoms with Crippen molar-refractivity contribution in [3.63, 3.8) is 0 Å². The maximum atomic E-state index is 12.7. The van der Waals surface area contributed by atoms with Gasteiger partial charge in [-0.3, -0.25) is 9.59 Å². The summed E-state index contributed by atoms with van der Waals surface area (Å²) in [5.74, 6) is -0.304. The largest absolute Gasteiger partial charge is 0.481 e. The van der Waals surface area contributed by atoms with Crippen LogP contribution in [-0.2, 0) is 4.79 Å². The molecule has 0 atom stereocenters. The van der Waals surface area contributed by atoms with Gasteiger partial charge in [-0.05, 0) is 92.0 Å². The van der Waals surface area contributed by atoms with Gasteiger partial charge in [-0.1, -0.05) is 53.5 Å². The minimum absolute atomic E-state index is 0.242. The van der Waals surface area contributed by atoms with Crippen LogP contribution in [0.1, 0.15) is 15.9 Å². The van der Waals surface area contributed by atoms with Crippen molar-refractivity contribution >= 4 is 101 Å². The molecule has 13 heteroatoms. The van der Waals surface area contributed by atoms with E-state index < -0.39 is 0 Å². The molecule has 5 aromatic rings. The van der Waals surface area contributed by atoms with Crippen molar-refractivity contribution < 1.29 is 14.3 Å². The van der Waals surface area contributed by atoms with Crippen molar-refractivity contribution in [1.29, 1.82) is 0 Å². The molecule has 0 saturated heterocycles. The summed E-state index contributed by atoms with van der Waals surface area (Å²) in [5.41, 5.74) is 6.84. The first-order valence-corrected chi connectivity index (χ1v) is 16.1. The predicted octanol–water partition coefficient (Wildman–Crippen LogP) is 9.17. The van der Waals surface area contributed by atoms with E-state index in [4.69, 9.17) is 27.9 Å². The molecule has 0 unspecified atom stereocenters. The van der Waals surface area contributed by atoms with Crippen LogP contribution in [0.25, 0.3) is 11.3 Å². The van der Waals surface area contributed by atoms with Crippen LogP contribution in [-0.4, -0.2) is 29.6 Å². The molecule has 4 aromatic carbocycles. The summed E-state index contributed by atoms with van der Waals surface area (Å²) in [6.45, 7) is -0.242. The molecule has 44 heavy (non-hydrogen) atoms. The summed E-state index contributed by atoms with van der Waals surface area (Å²) in [6.07, 6.45) is 1.50. The molecule has 0 spiro atoms.